The zero-order chi connectivity index (χ0) is 15.5. The number of aryl methyl sites for hydroxylation is 1. The fourth-order valence-electron chi connectivity index (χ4n) is 3.02. The molecule has 2 amide bonds. The Labute approximate surface area is 126 Å². The van der Waals surface area contributed by atoms with Gasteiger partial charge in [0.05, 0.1) is 17.6 Å². The van der Waals surface area contributed by atoms with Gasteiger partial charge in [-0.3, -0.25) is 0 Å². The molecule has 1 aromatic heterocycles. The van der Waals surface area contributed by atoms with Gasteiger partial charge in [-0.25, -0.2) is 4.79 Å². The molecule has 0 unspecified atom stereocenters. The van der Waals surface area contributed by atoms with Crippen LogP contribution < -0.4 is 5.32 Å². The van der Waals surface area contributed by atoms with Gasteiger partial charge in [0.2, 0.25) is 0 Å². The van der Waals surface area contributed by atoms with Gasteiger partial charge in [-0.05, 0) is 37.7 Å². The molecule has 2 rings (SSSR count). The van der Waals surface area contributed by atoms with E-state index in [0.29, 0.717) is 0 Å². The molecule has 0 aromatic carbocycles. The van der Waals surface area contributed by atoms with E-state index in [9.17, 15) is 4.79 Å². The fourth-order valence-corrected chi connectivity index (χ4v) is 3.02. The third kappa shape index (κ3) is 3.40. The number of carbonyl (C=O) groups excluding carboxylic acids is 1. The van der Waals surface area contributed by atoms with Gasteiger partial charge in [0.15, 0.2) is 0 Å². The maximum Gasteiger partial charge on any atom is 0.322 e. The van der Waals surface area contributed by atoms with Crippen molar-refractivity contribution in [3.05, 3.63) is 30.6 Å². The second-order valence-corrected chi connectivity index (χ2v) is 6.29. The maximum atomic E-state index is 12.6. The molecular formula is C16H24N4O. The highest BCUT2D eigenvalue weighted by Crippen LogP contribution is 2.37. The molecule has 21 heavy (non-hydrogen) atoms. The van der Waals surface area contributed by atoms with Gasteiger partial charge >= 0.3 is 6.03 Å². The molecule has 1 aliphatic rings. The lowest BCUT2D eigenvalue weighted by molar-refractivity contribution is 0.0698. The molecule has 2 heterocycles. The first kappa shape index (κ1) is 15.5. The van der Waals surface area contributed by atoms with E-state index in [1.807, 2.05) is 17.9 Å². The molecule has 0 spiro atoms. The van der Waals surface area contributed by atoms with Crippen LogP contribution in [0.5, 0.6) is 0 Å². The zero-order valence-corrected chi connectivity index (χ0v) is 13.1. The molecule has 1 saturated heterocycles. The highest BCUT2D eigenvalue weighted by atomic mass is 16.2. The first-order valence-electron chi connectivity index (χ1n) is 7.42. The van der Waals surface area contributed by atoms with E-state index in [4.69, 9.17) is 0 Å². The van der Waals surface area contributed by atoms with Crippen LogP contribution in [0.2, 0.25) is 0 Å². The first-order valence-corrected chi connectivity index (χ1v) is 7.42. The zero-order valence-electron chi connectivity index (χ0n) is 13.1. The van der Waals surface area contributed by atoms with Crippen LogP contribution >= 0.6 is 0 Å². The molecule has 0 aliphatic carbocycles. The molecule has 0 saturated carbocycles. The quantitative estimate of drug-likeness (QED) is 0.867. The number of likely N-dealkylation sites (tertiary alicyclic amines) is 1. The summed E-state index contributed by atoms with van der Waals surface area (Å²) in [7, 11) is 0. The van der Waals surface area contributed by atoms with Crippen LogP contribution in [0.25, 0.3) is 0 Å². The number of hydrogen-bond acceptors (Lipinski definition) is 3. The van der Waals surface area contributed by atoms with Crippen LogP contribution in [0.1, 0.15) is 38.8 Å². The van der Waals surface area contributed by atoms with Crippen molar-refractivity contribution in [2.75, 3.05) is 11.9 Å². The minimum Gasteiger partial charge on any atom is -0.321 e. The van der Waals surface area contributed by atoms with Crippen molar-refractivity contribution in [1.29, 1.82) is 0 Å². The number of urea groups is 1. The number of nitrogens with zero attached hydrogens (tertiary/aromatic N) is 3. The average molecular weight is 288 g/mol. The first-order chi connectivity index (χ1) is 9.95. The van der Waals surface area contributed by atoms with Crippen molar-refractivity contribution < 1.29 is 4.79 Å². The lowest BCUT2D eigenvalue weighted by atomic mass is 9.75. The number of nitrogens with one attached hydrogen (secondary N) is 1. The summed E-state index contributed by atoms with van der Waals surface area (Å²) in [4.78, 5) is 14.6. The van der Waals surface area contributed by atoms with Crippen LogP contribution in [0.15, 0.2) is 24.9 Å². The normalized spacial score (nSPS) is 20.9. The van der Waals surface area contributed by atoms with Crippen LogP contribution in [-0.2, 0) is 0 Å². The van der Waals surface area contributed by atoms with E-state index in [1.165, 1.54) is 0 Å². The number of amides is 2. The maximum absolute atomic E-state index is 12.6. The molecule has 1 aromatic rings. The van der Waals surface area contributed by atoms with Crippen molar-refractivity contribution >= 4 is 11.7 Å². The van der Waals surface area contributed by atoms with Crippen molar-refractivity contribution in [2.45, 2.75) is 46.1 Å². The minimum atomic E-state index is -0.0641. The van der Waals surface area contributed by atoms with E-state index in [1.54, 1.807) is 12.3 Å². The van der Waals surface area contributed by atoms with E-state index in [0.717, 1.165) is 37.2 Å². The van der Waals surface area contributed by atoms with E-state index < -0.39 is 0 Å². The molecule has 5 heteroatoms. The SMILES string of the molecule is C=CC[C@@H]1N(C(=O)Nc2ccnnc2C)CCCC1(C)C. The highest BCUT2D eigenvalue weighted by molar-refractivity contribution is 5.90. The van der Waals surface area contributed by atoms with Crippen LogP contribution in [0, 0.1) is 12.3 Å². The Balaban J connectivity index is 2.16. The van der Waals surface area contributed by atoms with Crippen LogP contribution in [0.3, 0.4) is 0 Å². The number of hydrogen-bond donors (Lipinski definition) is 1. The van der Waals surface area contributed by atoms with Crippen LogP contribution in [-0.4, -0.2) is 33.7 Å². The predicted octanol–water partition coefficient (Wildman–Crippen LogP) is 3.38. The van der Waals surface area contributed by atoms with Crippen molar-refractivity contribution in [1.82, 2.24) is 15.1 Å². The largest absolute Gasteiger partial charge is 0.322 e. The second-order valence-electron chi connectivity index (χ2n) is 6.29. The Morgan fingerprint density at radius 2 is 2.38 bits per heavy atom. The molecule has 1 atom stereocenters. The standard InChI is InChI=1S/C16H24N4O/c1-5-7-14-16(3,4)9-6-11-20(14)15(21)18-13-8-10-17-19-12(13)2/h5,8,10,14H,1,6-7,9,11H2,2-4H3,(H,17,18,21)/t14-/m0/s1. The lowest BCUT2D eigenvalue weighted by Gasteiger charge is -2.46. The van der Waals surface area contributed by atoms with Crippen molar-refractivity contribution in [3.8, 4) is 0 Å². The lowest BCUT2D eigenvalue weighted by Crippen LogP contribution is -2.53. The minimum absolute atomic E-state index is 0.0641. The Morgan fingerprint density at radius 1 is 1.62 bits per heavy atom. The number of carbonyl (C=O) groups is 1. The number of rotatable bonds is 3. The van der Waals surface area contributed by atoms with Crippen molar-refractivity contribution in [2.24, 2.45) is 5.41 Å². The summed E-state index contributed by atoms with van der Waals surface area (Å²) in [6.45, 7) is 10.9. The van der Waals surface area contributed by atoms with Gasteiger partial charge in [-0.1, -0.05) is 19.9 Å². The van der Waals surface area contributed by atoms with Gasteiger partial charge in [0.1, 0.15) is 0 Å². The van der Waals surface area contributed by atoms with Gasteiger partial charge < -0.3 is 10.2 Å². The van der Waals surface area contributed by atoms with Crippen molar-refractivity contribution in [3.63, 3.8) is 0 Å². The van der Waals surface area contributed by atoms with Gasteiger partial charge in [-0.2, -0.15) is 10.2 Å². The molecule has 5 nitrogen and oxygen atoms in total. The summed E-state index contributed by atoms with van der Waals surface area (Å²) >= 11 is 0. The monoisotopic (exact) mass is 288 g/mol. The third-order valence-electron chi connectivity index (χ3n) is 4.30. The highest BCUT2D eigenvalue weighted by Gasteiger charge is 2.38. The van der Waals surface area contributed by atoms with Gasteiger partial charge in [0, 0.05) is 12.6 Å². The Bertz CT molecular complexity index is 527. The Hall–Kier alpha value is -1.91. The summed E-state index contributed by atoms with van der Waals surface area (Å²) in [6, 6.07) is 1.89. The second kappa shape index (κ2) is 6.24. The topological polar surface area (TPSA) is 58.1 Å². The van der Waals surface area contributed by atoms with E-state index in [2.05, 4.69) is 35.9 Å². The average Bonchev–Trinajstić information content (AvgIpc) is 2.43. The molecule has 114 valence electrons. The Kier molecular flexibility index (Phi) is 4.60. The third-order valence-corrected chi connectivity index (χ3v) is 4.30. The van der Waals surface area contributed by atoms with Gasteiger partial charge in [-0.15, -0.1) is 6.58 Å². The molecule has 1 fully saturated rings. The molecule has 0 bridgehead atoms. The van der Waals surface area contributed by atoms with Crippen LogP contribution in [0.4, 0.5) is 10.5 Å². The molecule has 0 radical (unpaired) electrons. The van der Waals surface area contributed by atoms with E-state index >= 15 is 0 Å². The fraction of sp³-hybridized carbons (Fsp3) is 0.562. The summed E-state index contributed by atoms with van der Waals surface area (Å²) < 4.78 is 0. The summed E-state index contributed by atoms with van der Waals surface area (Å²) in [5, 5.41) is 10.7. The smallest absolute Gasteiger partial charge is 0.321 e. The van der Waals surface area contributed by atoms with E-state index in [-0.39, 0.29) is 17.5 Å². The summed E-state index contributed by atoms with van der Waals surface area (Å²) in [6.07, 6.45) is 6.46. The van der Waals surface area contributed by atoms with Gasteiger partial charge in [0.25, 0.3) is 0 Å². The number of anilines is 1. The Morgan fingerprint density at radius 3 is 3.05 bits per heavy atom. The number of aromatic nitrogens is 2. The molecule has 1 aliphatic heterocycles. The summed E-state index contributed by atoms with van der Waals surface area (Å²) in [5.74, 6) is 0. The predicted molar refractivity (Wildman–Crippen MR) is 84.1 cm³/mol. The molecular weight excluding hydrogens is 264 g/mol. The number of piperidine rings is 1. The molecule has 1 N–H and O–H groups in total. The summed E-state index contributed by atoms with van der Waals surface area (Å²) in [5.41, 5.74) is 1.55.